The number of hydrogen-bond donors (Lipinski definition) is 1. The van der Waals surface area contributed by atoms with Gasteiger partial charge in [-0.2, -0.15) is 0 Å². The van der Waals surface area contributed by atoms with Crippen LogP contribution >= 0.6 is 0 Å². The van der Waals surface area contributed by atoms with E-state index in [-0.39, 0.29) is 18.5 Å². The van der Waals surface area contributed by atoms with Crippen molar-refractivity contribution in [2.24, 2.45) is 0 Å². The fourth-order valence-electron chi connectivity index (χ4n) is 4.29. The summed E-state index contributed by atoms with van der Waals surface area (Å²) >= 11 is 0. The van der Waals surface area contributed by atoms with E-state index < -0.39 is 0 Å². The molecule has 2 heterocycles. The fraction of sp³-hybridized carbons (Fsp3) is 0.600. The van der Waals surface area contributed by atoms with Gasteiger partial charge in [0, 0.05) is 30.6 Å². The van der Waals surface area contributed by atoms with Gasteiger partial charge in [0.05, 0.1) is 38.2 Å². The highest BCUT2D eigenvalue weighted by Gasteiger charge is 2.30. The second kappa shape index (κ2) is 12.0. The van der Waals surface area contributed by atoms with Gasteiger partial charge in [0.2, 0.25) is 0 Å². The molecule has 1 aromatic carbocycles. The minimum Gasteiger partial charge on any atom is -0.496 e. The van der Waals surface area contributed by atoms with Crippen molar-refractivity contribution in [1.29, 1.82) is 0 Å². The fourth-order valence-corrected chi connectivity index (χ4v) is 4.29. The second-order valence-electron chi connectivity index (χ2n) is 8.62. The van der Waals surface area contributed by atoms with Crippen molar-refractivity contribution < 1.29 is 28.5 Å². The van der Waals surface area contributed by atoms with Crippen LogP contribution < -0.4 is 10.5 Å². The third-order valence-electron chi connectivity index (χ3n) is 6.33. The van der Waals surface area contributed by atoms with E-state index in [0.717, 1.165) is 68.0 Å². The van der Waals surface area contributed by atoms with Gasteiger partial charge in [-0.25, -0.2) is 4.79 Å². The topological polar surface area (TPSA) is 100 Å². The van der Waals surface area contributed by atoms with Crippen molar-refractivity contribution in [2.45, 2.75) is 52.6 Å². The molecule has 0 bridgehead atoms. The van der Waals surface area contributed by atoms with Crippen LogP contribution in [0, 0.1) is 6.92 Å². The predicted octanol–water partition coefficient (Wildman–Crippen LogP) is 3.18. The van der Waals surface area contributed by atoms with Crippen molar-refractivity contribution in [1.82, 2.24) is 4.90 Å². The first-order valence-corrected chi connectivity index (χ1v) is 11.7. The van der Waals surface area contributed by atoms with Crippen LogP contribution in [0.1, 0.15) is 59.7 Å². The van der Waals surface area contributed by atoms with Gasteiger partial charge < -0.3 is 24.7 Å². The number of anilines is 1. The lowest BCUT2D eigenvalue weighted by Crippen LogP contribution is -2.36. The summed E-state index contributed by atoms with van der Waals surface area (Å²) in [4.78, 5) is 26.6. The summed E-state index contributed by atoms with van der Waals surface area (Å²) in [6, 6.07) is 0. The number of ether oxygens (including phenoxy) is 4. The smallest absolute Gasteiger partial charge is 0.341 e. The van der Waals surface area contributed by atoms with Gasteiger partial charge in [-0.05, 0) is 51.6 Å². The number of unbranched alkanes of at least 4 members (excludes halogenated alkanes) is 1. The van der Waals surface area contributed by atoms with Crippen LogP contribution in [0.15, 0.2) is 11.6 Å². The molecule has 2 aliphatic heterocycles. The lowest BCUT2D eigenvalue weighted by molar-refractivity contribution is -0.143. The zero-order valence-corrected chi connectivity index (χ0v) is 20.0. The normalized spacial score (nSPS) is 16.5. The molecule has 0 spiro atoms. The zero-order chi connectivity index (χ0) is 23.8. The second-order valence-corrected chi connectivity index (χ2v) is 8.62. The highest BCUT2D eigenvalue weighted by Crippen LogP contribution is 2.39. The Balaban J connectivity index is 1.44. The maximum atomic E-state index is 12.1. The van der Waals surface area contributed by atoms with Gasteiger partial charge in [-0.15, -0.1) is 0 Å². The SMILES string of the molecule is COc1c(C)c2c(c(N)c1C/C=C(\C)CCC(=O)OCCCCN1CCOCC1)C(=O)OC2. The molecule has 0 atom stereocenters. The number of methoxy groups -OCH3 is 1. The summed E-state index contributed by atoms with van der Waals surface area (Å²) in [7, 11) is 1.60. The van der Waals surface area contributed by atoms with Crippen LogP contribution in [0.2, 0.25) is 0 Å². The van der Waals surface area contributed by atoms with Crippen LogP contribution in [0.4, 0.5) is 5.69 Å². The van der Waals surface area contributed by atoms with E-state index in [2.05, 4.69) is 4.90 Å². The summed E-state index contributed by atoms with van der Waals surface area (Å²) in [5, 5.41) is 0. The predicted molar refractivity (Wildman–Crippen MR) is 125 cm³/mol. The maximum absolute atomic E-state index is 12.1. The molecule has 0 unspecified atom stereocenters. The third-order valence-corrected chi connectivity index (χ3v) is 6.33. The average molecular weight is 461 g/mol. The van der Waals surface area contributed by atoms with Crippen molar-refractivity contribution in [3.63, 3.8) is 0 Å². The Morgan fingerprint density at radius 1 is 1.21 bits per heavy atom. The number of cyclic esters (lactones) is 1. The Bertz CT molecular complexity index is 890. The van der Waals surface area contributed by atoms with E-state index in [1.54, 1.807) is 7.11 Å². The number of carbonyl (C=O) groups is 2. The number of nitrogens with two attached hydrogens (primary N) is 1. The molecule has 0 aromatic heterocycles. The van der Waals surface area contributed by atoms with Crippen molar-refractivity contribution in [3.8, 4) is 5.75 Å². The van der Waals surface area contributed by atoms with E-state index in [0.29, 0.717) is 42.9 Å². The Kier molecular flexibility index (Phi) is 9.14. The number of allylic oxidation sites excluding steroid dienone is 2. The van der Waals surface area contributed by atoms with E-state index in [4.69, 9.17) is 24.7 Å². The van der Waals surface area contributed by atoms with Gasteiger partial charge in [0.1, 0.15) is 12.4 Å². The first-order valence-electron chi connectivity index (χ1n) is 11.7. The average Bonchev–Trinajstić information content (AvgIpc) is 3.21. The molecule has 3 rings (SSSR count). The molecule has 0 saturated carbocycles. The van der Waals surface area contributed by atoms with Crippen LogP contribution in [-0.2, 0) is 32.0 Å². The molecule has 33 heavy (non-hydrogen) atoms. The monoisotopic (exact) mass is 460 g/mol. The highest BCUT2D eigenvalue weighted by atomic mass is 16.5. The maximum Gasteiger partial charge on any atom is 0.341 e. The first-order chi connectivity index (χ1) is 15.9. The Morgan fingerprint density at radius 3 is 2.70 bits per heavy atom. The quantitative estimate of drug-likeness (QED) is 0.233. The number of fused-ring (bicyclic) bond motifs is 1. The molecular formula is C25H36N2O6. The van der Waals surface area contributed by atoms with Crippen LogP contribution in [0.25, 0.3) is 0 Å². The molecule has 1 aromatic rings. The zero-order valence-electron chi connectivity index (χ0n) is 20.0. The number of morpholine rings is 1. The van der Waals surface area contributed by atoms with Gasteiger partial charge in [-0.1, -0.05) is 11.6 Å². The number of nitrogen functional groups attached to an aromatic ring is 1. The van der Waals surface area contributed by atoms with E-state index in [1.165, 1.54) is 0 Å². The summed E-state index contributed by atoms with van der Waals surface area (Å²) < 4.78 is 21.5. The molecule has 1 fully saturated rings. The van der Waals surface area contributed by atoms with Crippen molar-refractivity contribution >= 4 is 17.6 Å². The van der Waals surface area contributed by atoms with Crippen LogP contribution in [0.3, 0.4) is 0 Å². The Morgan fingerprint density at radius 2 is 1.97 bits per heavy atom. The molecule has 1 saturated heterocycles. The number of carbonyl (C=O) groups excluding carboxylic acids is 2. The van der Waals surface area contributed by atoms with Gasteiger partial charge in [0.25, 0.3) is 0 Å². The molecule has 0 aliphatic carbocycles. The minimum atomic E-state index is -0.386. The lowest BCUT2D eigenvalue weighted by atomic mass is 9.94. The lowest BCUT2D eigenvalue weighted by Gasteiger charge is -2.26. The summed E-state index contributed by atoms with van der Waals surface area (Å²) in [6.07, 6.45) is 5.38. The molecule has 0 radical (unpaired) electrons. The molecule has 0 amide bonds. The molecule has 2 N–H and O–H groups in total. The molecule has 2 aliphatic rings. The Labute approximate surface area is 196 Å². The summed E-state index contributed by atoms with van der Waals surface area (Å²) in [5.41, 5.74) is 10.7. The van der Waals surface area contributed by atoms with Crippen LogP contribution in [-0.4, -0.2) is 63.4 Å². The largest absolute Gasteiger partial charge is 0.496 e. The molecule has 8 nitrogen and oxygen atoms in total. The van der Waals surface area contributed by atoms with E-state index >= 15 is 0 Å². The van der Waals surface area contributed by atoms with E-state index in [9.17, 15) is 9.59 Å². The summed E-state index contributed by atoms with van der Waals surface area (Å²) in [5.74, 6) is 0.121. The number of hydrogen-bond acceptors (Lipinski definition) is 8. The minimum absolute atomic E-state index is 0.178. The first kappa shape index (κ1) is 25.1. The van der Waals surface area contributed by atoms with Crippen LogP contribution in [0.5, 0.6) is 5.75 Å². The molecule has 182 valence electrons. The standard InChI is InChI=1S/C25H36N2O6/c1-17(7-9-21(28)32-13-5-4-10-27-11-14-31-15-12-27)6-8-19-23(26)22-20(16-33-25(22)29)18(2)24(19)30-3/h6H,4-5,7-16,26H2,1-3H3/b17-6+. The van der Waals surface area contributed by atoms with E-state index in [1.807, 2.05) is 19.9 Å². The van der Waals surface area contributed by atoms with Gasteiger partial charge in [-0.3, -0.25) is 9.69 Å². The van der Waals surface area contributed by atoms with Crippen molar-refractivity contribution in [2.75, 3.05) is 52.3 Å². The van der Waals surface area contributed by atoms with Gasteiger partial charge in [0.15, 0.2) is 0 Å². The summed E-state index contributed by atoms with van der Waals surface area (Å²) in [6.45, 7) is 9.18. The number of esters is 2. The highest BCUT2D eigenvalue weighted by molar-refractivity contribution is 6.00. The number of nitrogens with zero attached hydrogens (tertiary/aromatic N) is 1. The molecule has 8 heteroatoms. The number of benzene rings is 1. The van der Waals surface area contributed by atoms with Crippen molar-refractivity contribution in [3.05, 3.63) is 33.9 Å². The third kappa shape index (κ3) is 6.48. The number of rotatable bonds is 11. The molecular weight excluding hydrogens is 424 g/mol. The van der Waals surface area contributed by atoms with Gasteiger partial charge >= 0.3 is 11.9 Å². The Hall–Kier alpha value is -2.58.